The molecule has 2 aromatic carbocycles. The van der Waals surface area contributed by atoms with Crippen LogP contribution in [-0.4, -0.2) is 26.6 Å². The van der Waals surface area contributed by atoms with Gasteiger partial charge in [0.05, 0.1) is 12.2 Å². The maximum atomic E-state index is 6.87. The number of hydrogen-bond donors (Lipinski definition) is 0. The predicted octanol–water partition coefficient (Wildman–Crippen LogP) is 5.33. The highest BCUT2D eigenvalue weighted by Crippen LogP contribution is 2.37. The lowest BCUT2D eigenvalue weighted by atomic mass is 9.82. The summed E-state index contributed by atoms with van der Waals surface area (Å²) >= 11 is 0. The molecular formula is C28H36O2Si. The standard InChI is InChI=1S/C28H36O2Si/c1-26(2,3)31(23-15-10-8-11-16-23,24-17-12-9-13-18-24)29-22-14-19-25-27(4,5)20-21-28(6,7)30-25/h8-13,15-18,20-21,25H,22H2,1-7H3. The number of rotatable bonds is 4. The Morgan fingerprint density at radius 3 is 1.87 bits per heavy atom. The van der Waals surface area contributed by atoms with Crippen LogP contribution in [0.2, 0.25) is 5.04 Å². The lowest BCUT2D eigenvalue weighted by molar-refractivity contribution is -0.0641. The molecular weight excluding hydrogens is 396 g/mol. The van der Waals surface area contributed by atoms with Crippen LogP contribution in [0.25, 0.3) is 0 Å². The highest BCUT2D eigenvalue weighted by atomic mass is 28.4. The Morgan fingerprint density at radius 2 is 1.39 bits per heavy atom. The van der Waals surface area contributed by atoms with Gasteiger partial charge in [0.2, 0.25) is 0 Å². The molecule has 1 aliphatic rings. The van der Waals surface area contributed by atoms with Gasteiger partial charge in [-0.05, 0) is 29.3 Å². The summed E-state index contributed by atoms with van der Waals surface area (Å²) in [5.74, 6) is 6.69. The van der Waals surface area contributed by atoms with E-state index < -0.39 is 8.32 Å². The van der Waals surface area contributed by atoms with Gasteiger partial charge in [-0.25, -0.2) is 0 Å². The third-order valence-electron chi connectivity index (χ3n) is 6.02. The average Bonchev–Trinajstić information content (AvgIpc) is 2.71. The molecule has 0 fully saturated rings. The van der Waals surface area contributed by atoms with Gasteiger partial charge >= 0.3 is 0 Å². The van der Waals surface area contributed by atoms with Crippen molar-refractivity contribution in [1.29, 1.82) is 0 Å². The Morgan fingerprint density at radius 1 is 0.871 bits per heavy atom. The first-order valence-corrected chi connectivity index (χ1v) is 13.0. The summed E-state index contributed by atoms with van der Waals surface area (Å²) < 4.78 is 13.1. The van der Waals surface area contributed by atoms with E-state index in [0.29, 0.717) is 6.61 Å². The third kappa shape index (κ3) is 5.04. The predicted molar refractivity (Wildman–Crippen MR) is 133 cm³/mol. The van der Waals surface area contributed by atoms with Crippen LogP contribution in [0.5, 0.6) is 0 Å². The zero-order valence-corrected chi connectivity index (χ0v) is 21.0. The van der Waals surface area contributed by atoms with Crippen LogP contribution < -0.4 is 10.4 Å². The summed E-state index contributed by atoms with van der Waals surface area (Å²) in [6.07, 6.45) is 4.19. The minimum atomic E-state index is -2.56. The molecule has 0 aliphatic carbocycles. The van der Waals surface area contributed by atoms with Crippen molar-refractivity contribution < 1.29 is 9.16 Å². The van der Waals surface area contributed by atoms with Gasteiger partial charge in [-0.1, -0.05) is 119 Å². The zero-order chi connectivity index (χ0) is 22.8. The number of hydrogen-bond acceptors (Lipinski definition) is 2. The second-order valence-electron chi connectivity index (χ2n) is 10.5. The van der Waals surface area contributed by atoms with Crippen molar-refractivity contribution in [2.75, 3.05) is 6.61 Å². The molecule has 0 saturated carbocycles. The Hall–Kier alpha value is -2.12. The van der Waals surface area contributed by atoms with Gasteiger partial charge in [0.1, 0.15) is 6.10 Å². The molecule has 164 valence electrons. The summed E-state index contributed by atoms with van der Waals surface area (Å²) in [7, 11) is -2.56. The van der Waals surface area contributed by atoms with Crippen LogP contribution in [-0.2, 0) is 9.16 Å². The van der Waals surface area contributed by atoms with E-state index in [1.807, 2.05) is 0 Å². The Balaban J connectivity index is 1.95. The fourth-order valence-corrected chi connectivity index (χ4v) is 8.70. The second kappa shape index (κ2) is 8.79. The molecule has 2 aromatic rings. The van der Waals surface area contributed by atoms with E-state index >= 15 is 0 Å². The molecule has 0 saturated heterocycles. The van der Waals surface area contributed by atoms with E-state index in [-0.39, 0.29) is 22.2 Å². The molecule has 1 heterocycles. The van der Waals surface area contributed by atoms with Crippen molar-refractivity contribution in [1.82, 2.24) is 0 Å². The van der Waals surface area contributed by atoms with Gasteiger partial charge in [0, 0.05) is 5.41 Å². The van der Waals surface area contributed by atoms with Gasteiger partial charge in [-0.15, -0.1) is 0 Å². The summed E-state index contributed by atoms with van der Waals surface area (Å²) in [4.78, 5) is 0. The SMILES string of the molecule is CC1(C)C=CC(C)(C)C(C#CCO[Si](c2ccccc2)(c2ccccc2)C(C)(C)C)O1. The van der Waals surface area contributed by atoms with E-state index in [4.69, 9.17) is 9.16 Å². The first-order valence-electron chi connectivity index (χ1n) is 11.1. The van der Waals surface area contributed by atoms with Crippen LogP contribution in [0.1, 0.15) is 48.5 Å². The van der Waals surface area contributed by atoms with Crippen LogP contribution in [0.15, 0.2) is 72.8 Å². The van der Waals surface area contributed by atoms with Gasteiger partial charge in [0.25, 0.3) is 8.32 Å². The largest absolute Gasteiger partial charge is 0.396 e. The highest BCUT2D eigenvalue weighted by molar-refractivity contribution is 6.99. The lowest BCUT2D eigenvalue weighted by Gasteiger charge is -2.42. The average molecular weight is 433 g/mol. The van der Waals surface area contributed by atoms with Gasteiger partial charge in [-0.2, -0.15) is 0 Å². The maximum Gasteiger partial charge on any atom is 0.262 e. The summed E-state index contributed by atoms with van der Waals surface area (Å²) in [6, 6.07) is 21.4. The van der Waals surface area contributed by atoms with E-state index in [9.17, 15) is 0 Å². The van der Waals surface area contributed by atoms with Crippen LogP contribution in [0, 0.1) is 17.3 Å². The first-order chi connectivity index (χ1) is 14.5. The Bertz CT molecular complexity index is 917. The Labute approximate surface area is 189 Å². The molecule has 0 N–H and O–H groups in total. The monoisotopic (exact) mass is 432 g/mol. The highest BCUT2D eigenvalue weighted by Gasteiger charge is 2.50. The molecule has 31 heavy (non-hydrogen) atoms. The normalized spacial score (nSPS) is 20.0. The molecule has 0 radical (unpaired) electrons. The summed E-state index contributed by atoms with van der Waals surface area (Å²) in [6.45, 7) is 15.7. The van der Waals surface area contributed by atoms with Crippen LogP contribution in [0.3, 0.4) is 0 Å². The molecule has 0 bridgehead atoms. The third-order valence-corrected chi connectivity index (χ3v) is 11.0. The van der Waals surface area contributed by atoms with Gasteiger partial charge < -0.3 is 9.16 Å². The number of benzene rings is 2. The number of ether oxygens (including phenoxy) is 1. The maximum absolute atomic E-state index is 6.87. The molecule has 3 heteroatoms. The Kier molecular flexibility index (Phi) is 6.67. The molecule has 0 spiro atoms. The van der Waals surface area contributed by atoms with E-state index in [1.165, 1.54) is 10.4 Å². The van der Waals surface area contributed by atoms with Gasteiger partial charge in [-0.3, -0.25) is 0 Å². The van der Waals surface area contributed by atoms with Crippen LogP contribution in [0.4, 0.5) is 0 Å². The van der Waals surface area contributed by atoms with Crippen molar-refractivity contribution in [3.8, 4) is 11.8 Å². The minimum Gasteiger partial charge on any atom is -0.396 e. The summed E-state index contributed by atoms with van der Waals surface area (Å²) in [5.41, 5.74) is -0.423. The topological polar surface area (TPSA) is 18.5 Å². The van der Waals surface area contributed by atoms with E-state index in [0.717, 1.165) is 0 Å². The smallest absolute Gasteiger partial charge is 0.262 e. The van der Waals surface area contributed by atoms with Crippen LogP contribution >= 0.6 is 0 Å². The fourth-order valence-electron chi connectivity index (χ4n) is 4.25. The van der Waals surface area contributed by atoms with E-state index in [1.54, 1.807) is 0 Å². The van der Waals surface area contributed by atoms with Crippen molar-refractivity contribution >= 4 is 18.7 Å². The van der Waals surface area contributed by atoms with Crippen molar-refractivity contribution in [3.63, 3.8) is 0 Å². The molecule has 0 aromatic heterocycles. The molecule has 1 aliphatic heterocycles. The molecule has 0 amide bonds. The van der Waals surface area contributed by atoms with Crippen molar-refractivity contribution in [2.45, 2.75) is 65.2 Å². The zero-order valence-electron chi connectivity index (χ0n) is 20.0. The molecule has 1 unspecified atom stereocenters. The first kappa shape index (κ1) is 23.5. The minimum absolute atomic E-state index is 0.0529. The summed E-state index contributed by atoms with van der Waals surface area (Å²) in [5, 5.41) is 2.49. The fraction of sp³-hybridized carbons (Fsp3) is 0.429. The lowest BCUT2D eigenvalue weighted by Crippen LogP contribution is -2.66. The second-order valence-corrected chi connectivity index (χ2v) is 14.8. The van der Waals surface area contributed by atoms with Crippen molar-refractivity contribution in [2.24, 2.45) is 5.41 Å². The van der Waals surface area contributed by atoms with Crippen molar-refractivity contribution in [3.05, 3.63) is 72.8 Å². The molecule has 3 rings (SSSR count). The quantitative estimate of drug-likeness (QED) is 0.369. The van der Waals surface area contributed by atoms with Gasteiger partial charge in [0.15, 0.2) is 0 Å². The van der Waals surface area contributed by atoms with E-state index in [2.05, 4.69) is 133 Å². The molecule has 1 atom stereocenters. The molecule has 2 nitrogen and oxygen atoms in total.